The van der Waals surface area contributed by atoms with Crippen LogP contribution in [0.15, 0.2) is 0 Å². The molecule has 0 aromatic heterocycles. The Morgan fingerprint density at radius 1 is 1.60 bits per heavy atom. The van der Waals surface area contributed by atoms with Crippen LogP contribution in [0.1, 0.15) is 19.3 Å². The minimum atomic E-state index is 0.103. The highest BCUT2D eigenvalue weighted by molar-refractivity contribution is 5.82. The summed E-state index contributed by atoms with van der Waals surface area (Å²) in [5.41, 5.74) is 5.63. The Balaban J connectivity index is 1.66. The molecule has 1 heterocycles. The number of nitrogens with zero attached hydrogens (tertiary/aromatic N) is 1. The first-order chi connectivity index (χ1) is 7.16. The normalized spacial score (nSPS) is 36.3. The molecule has 1 aliphatic heterocycles. The first-order valence-corrected chi connectivity index (χ1v) is 5.88. The van der Waals surface area contributed by atoms with Crippen molar-refractivity contribution in [3.05, 3.63) is 0 Å². The molecule has 86 valence electrons. The lowest BCUT2D eigenvalue weighted by Gasteiger charge is -2.29. The highest BCUT2D eigenvalue weighted by atomic mass is 16.2. The first kappa shape index (κ1) is 10.9. The van der Waals surface area contributed by atoms with E-state index in [4.69, 9.17) is 5.73 Å². The Bertz CT molecular complexity index is 244. The highest BCUT2D eigenvalue weighted by Crippen LogP contribution is 2.27. The molecule has 3 unspecified atom stereocenters. The fourth-order valence-corrected chi connectivity index (χ4v) is 2.33. The molecule has 15 heavy (non-hydrogen) atoms. The quantitative estimate of drug-likeness (QED) is 0.679. The second kappa shape index (κ2) is 4.49. The van der Waals surface area contributed by atoms with E-state index in [1.807, 2.05) is 0 Å². The summed E-state index contributed by atoms with van der Waals surface area (Å²) >= 11 is 0. The van der Waals surface area contributed by atoms with Gasteiger partial charge in [-0.1, -0.05) is 0 Å². The lowest BCUT2D eigenvalue weighted by Crippen LogP contribution is -2.39. The van der Waals surface area contributed by atoms with Crippen molar-refractivity contribution in [2.24, 2.45) is 17.6 Å². The monoisotopic (exact) mass is 211 g/mol. The summed E-state index contributed by atoms with van der Waals surface area (Å²) in [6.07, 6.45) is 3.36. The number of hydrogen-bond donors (Lipinski definition) is 2. The molecule has 2 aliphatic rings. The minimum absolute atomic E-state index is 0.103. The molecule has 0 aromatic rings. The standard InChI is InChI=1S/C11H21N3O/c1-14-4-2-3-8(7-14)6-13-11(15)9-5-10(9)12/h8-10H,2-7,12H2,1H3,(H,13,15). The molecule has 1 amide bonds. The van der Waals surface area contributed by atoms with Crippen molar-refractivity contribution in [3.63, 3.8) is 0 Å². The highest BCUT2D eigenvalue weighted by Gasteiger charge is 2.39. The van der Waals surface area contributed by atoms with E-state index in [1.54, 1.807) is 0 Å². The summed E-state index contributed by atoms with van der Waals surface area (Å²) in [6.45, 7) is 3.13. The van der Waals surface area contributed by atoms with Crippen molar-refractivity contribution in [2.45, 2.75) is 25.3 Å². The average molecular weight is 211 g/mol. The first-order valence-electron chi connectivity index (χ1n) is 5.88. The van der Waals surface area contributed by atoms with Crippen molar-refractivity contribution in [1.82, 2.24) is 10.2 Å². The summed E-state index contributed by atoms with van der Waals surface area (Å²) in [4.78, 5) is 13.9. The third kappa shape index (κ3) is 2.92. The number of amides is 1. The second-order valence-corrected chi connectivity index (χ2v) is 5.02. The molecule has 0 radical (unpaired) electrons. The molecule has 2 fully saturated rings. The van der Waals surface area contributed by atoms with Crippen LogP contribution in [0.4, 0.5) is 0 Å². The molecule has 1 saturated carbocycles. The molecule has 0 bridgehead atoms. The van der Waals surface area contributed by atoms with E-state index in [2.05, 4.69) is 17.3 Å². The number of carbonyl (C=O) groups is 1. The predicted octanol–water partition coefficient (Wildman–Crippen LogP) is -0.208. The Morgan fingerprint density at radius 2 is 2.33 bits per heavy atom. The lowest BCUT2D eigenvalue weighted by atomic mass is 9.98. The van der Waals surface area contributed by atoms with Gasteiger partial charge in [0.1, 0.15) is 0 Å². The molecule has 1 aliphatic carbocycles. The summed E-state index contributed by atoms with van der Waals surface area (Å²) in [5.74, 6) is 0.893. The lowest BCUT2D eigenvalue weighted by molar-refractivity contribution is -0.122. The van der Waals surface area contributed by atoms with E-state index in [1.165, 1.54) is 19.4 Å². The number of nitrogens with two attached hydrogens (primary N) is 1. The van der Waals surface area contributed by atoms with Gasteiger partial charge in [0.05, 0.1) is 5.92 Å². The molecule has 4 nitrogen and oxygen atoms in total. The zero-order valence-corrected chi connectivity index (χ0v) is 9.41. The van der Waals surface area contributed by atoms with Crippen LogP contribution in [0.2, 0.25) is 0 Å². The minimum Gasteiger partial charge on any atom is -0.355 e. The fourth-order valence-electron chi connectivity index (χ4n) is 2.33. The zero-order chi connectivity index (χ0) is 10.8. The third-order valence-electron chi connectivity index (χ3n) is 3.46. The molecular weight excluding hydrogens is 190 g/mol. The van der Waals surface area contributed by atoms with E-state index in [0.29, 0.717) is 5.92 Å². The van der Waals surface area contributed by atoms with Gasteiger partial charge in [-0.05, 0) is 38.8 Å². The van der Waals surface area contributed by atoms with E-state index in [0.717, 1.165) is 19.5 Å². The molecule has 3 N–H and O–H groups in total. The number of carbonyl (C=O) groups excluding carboxylic acids is 1. The van der Waals surface area contributed by atoms with E-state index in [9.17, 15) is 4.79 Å². The van der Waals surface area contributed by atoms with Gasteiger partial charge in [-0.15, -0.1) is 0 Å². The summed E-state index contributed by atoms with van der Waals surface area (Å²) in [7, 11) is 2.14. The SMILES string of the molecule is CN1CCCC(CNC(=O)C2CC2N)C1. The van der Waals surface area contributed by atoms with E-state index in [-0.39, 0.29) is 17.9 Å². The second-order valence-electron chi connectivity index (χ2n) is 5.02. The number of likely N-dealkylation sites (tertiary alicyclic amines) is 1. The van der Waals surface area contributed by atoms with Gasteiger partial charge in [-0.25, -0.2) is 0 Å². The molecule has 0 aromatic carbocycles. The van der Waals surface area contributed by atoms with Crippen LogP contribution in [0, 0.1) is 11.8 Å². The summed E-state index contributed by atoms with van der Waals surface area (Å²) < 4.78 is 0. The van der Waals surface area contributed by atoms with Crippen LogP contribution in [0.5, 0.6) is 0 Å². The van der Waals surface area contributed by atoms with Gasteiger partial charge in [-0.2, -0.15) is 0 Å². The Hall–Kier alpha value is -0.610. The van der Waals surface area contributed by atoms with Crippen molar-refractivity contribution in [2.75, 3.05) is 26.7 Å². The fraction of sp³-hybridized carbons (Fsp3) is 0.909. The maximum atomic E-state index is 11.5. The van der Waals surface area contributed by atoms with Crippen LogP contribution < -0.4 is 11.1 Å². The van der Waals surface area contributed by atoms with Gasteiger partial charge in [0.15, 0.2) is 0 Å². The maximum absolute atomic E-state index is 11.5. The summed E-state index contributed by atoms with van der Waals surface area (Å²) in [6, 6.07) is 0.124. The molecule has 1 saturated heterocycles. The van der Waals surface area contributed by atoms with Crippen LogP contribution >= 0.6 is 0 Å². The molecule has 3 atom stereocenters. The number of piperidine rings is 1. The number of rotatable bonds is 3. The largest absolute Gasteiger partial charge is 0.355 e. The molecular formula is C11H21N3O. The van der Waals surface area contributed by atoms with Crippen LogP contribution in [0.25, 0.3) is 0 Å². The maximum Gasteiger partial charge on any atom is 0.224 e. The van der Waals surface area contributed by atoms with Crippen LogP contribution in [-0.2, 0) is 4.79 Å². The number of nitrogens with one attached hydrogen (secondary N) is 1. The van der Waals surface area contributed by atoms with Gasteiger partial charge in [0, 0.05) is 19.1 Å². The van der Waals surface area contributed by atoms with Gasteiger partial charge < -0.3 is 16.0 Å². The predicted molar refractivity (Wildman–Crippen MR) is 59.3 cm³/mol. The Morgan fingerprint density at radius 3 is 2.93 bits per heavy atom. The van der Waals surface area contributed by atoms with Crippen LogP contribution in [-0.4, -0.2) is 43.5 Å². The van der Waals surface area contributed by atoms with E-state index < -0.39 is 0 Å². The molecule has 2 rings (SSSR count). The van der Waals surface area contributed by atoms with Crippen molar-refractivity contribution < 1.29 is 4.79 Å². The van der Waals surface area contributed by atoms with Gasteiger partial charge in [-0.3, -0.25) is 4.79 Å². The van der Waals surface area contributed by atoms with Gasteiger partial charge in [0.2, 0.25) is 5.91 Å². The van der Waals surface area contributed by atoms with E-state index >= 15 is 0 Å². The Kier molecular flexibility index (Phi) is 3.26. The molecule has 4 heteroatoms. The Labute approximate surface area is 91.2 Å². The van der Waals surface area contributed by atoms with Crippen molar-refractivity contribution in [3.8, 4) is 0 Å². The summed E-state index contributed by atoms with van der Waals surface area (Å²) in [5, 5.41) is 3.02. The average Bonchev–Trinajstić information content (AvgIpc) is 2.92. The topological polar surface area (TPSA) is 58.4 Å². The van der Waals surface area contributed by atoms with Crippen molar-refractivity contribution in [1.29, 1.82) is 0 Å². The smallest absolute Gasteiger partial charge is 0.224 e. The third-order valence-corrected chi connectivity index (χ3v) is 3.46. The van der Waals surface area contributed by atoms with Crippen LogP contribution in [0.3, 0.4) is 0 Å². The van der Waals surface area contributed by atoms with Gasteiger partial charge in [0.25, 0.3) is 0 Å². The zero-order valence-electron chi connectivity index (χ0n) is 9.41. The molecule has 0 spiro atoms. The van der Waals surface area contributed by atoms with Crippen molar-refractivity contribution >= 4 is 5.91 Å². The number of hydrogen-bond acceptors (Lipinski definition) is 3. The van der Waals surface area contributed by atoms with Gasteiger partial charge >= 0.3 is 0 Å².